The molecular formula is C13H13F2N6NaO. The van der Waals surface area contributed by atoms with E-state index in [-0.39, 0.29) is 48.2 Å². The normalized spacial score (nSPS) is 11.3. The van der Waals surface area contributed by atoms with Gasteiger partial charge in [-0.1, -0.05) is 6.07 Å². The summed E-state index contributed by atoms with van der Waals surface area (Å²) in [5.74, 6) is -1.56. The van der Waals surface area contributed by atoms with Gasteiger partial charge in [0.2, 0.25) is 0 Å². The zero-order valence-corrected chi connectivity index (χ0v) is 11.3. The number of hydrogen-bond donors (Lipinski definition) is 1. The van der Waals surface area contributed by atoms with Crippen LogP contribution in [-0.4, -0.2) is 64.2 Å². The van der Waals surface area contributed by atoms with Crippen molar-refractivity contribution in [2.75, 3.05) is 0 Å². The van der Waals surface area contributed by atoms with Gasteiger partial charge in [-0.15, -0.1) is 0 Å². The predicted molar refractivity (Wildman–Crippen MR) is 77.4 cm³/mol. The first-order valence-corrected chi connectivity index (χ1v) is 6.39. The molecule has 0 atom stereocenters. The van der Waals surface area contributed by atoms with Crippen molar-refractivity contribution in [3.8, 4) is 0 Å². The molecular weight excluding hydrogens is 317 g/mol. The fourth-order valence-electron chi connectivity index (χ4n) is 2.25. The molecule has 1 N–H and O–H groups in total. The van der Waals surface area contributed by atoms with Crippen LogP contribution in [-0.2, 0) is 18.7 Å². The number of aliphatic hydroxyl groups is 1. The SMILES string of the molecule is OC(Cn1cncn1)(Cn1cncn1)c1ccc(F)cc1F.[NaH]. The molecule has 2 heterocycles. The molecule has 0 spiro atoms. The molecule has 0 saturated heterocycles. The molecule has 0 bridgehead atoms. The summed E-state index contributed by atoms with van der Waals surface area (Å²) >= 11 is 0. The average molecular weight is 330 g/mol. The number of benzene rings is 1. The van der Waals surface area contributed by atoms with E-state index in [1.165, 1.54) is 40.7 Å². The quantitative estimate of drug-likeness (QED) is 0.671. The van der Waals surface area contributed by atoms with Gasteiger partial charge in [-0.2, -0.15) is 10.2 Å². The number of aromatic nitrogens is 6. The topological polar surface area (TPSA) is 81.6 Å². The van der Waals surface area contributed by atoms with E-state index in [9.17, 15) is 13.9 Å². The summed E-state index contributed by atoms with van der Waals surface area (Å²) in [6, 6.07) is 3.02. The molecule has 116 valence electrons. The Morgan fingerprint density at radius 3 is 2.00 bits per heavy atom. The van der Waals surface area contributed by atoms with Crippen LogP contribution in [0.4, 0.5) is 8.78 Å². The third kappa shape index (κ3) is 3.99. The van der Waals surface area contributed by atoms with Gasteiger partial charge in [-0.3, -0.25) is 0 Å². The van der Waals surface area contributed by atoms with E-state index in [4.69, 9.17) is 0 Å². The van der Waals surface area contributed by atoms with Crippen molar-refractivity contribution in [1.82, 2.24) is 29.5 Å². The van der Waals surface area contributed by atoms with Crippen LogP contribution in [0.15, 0.2) is 43.5 Å². The maximum absolute atomic E-state index is 14.1. The Hall–Kier alpha value is -1.68. The molecule has 0 aliphatic rings. The number of halogens is 2. The molecule has 0 radical (unpaired) electrons. The first kappa shape index (κ1) is 17.7. The molecule has 10 heteroatoms. The van der Waals surface area contributed by atoms with Crippen molar-refractivity contribution < 1.29 is 13.9 Å². The van der Waals surface area contributed by atoms with Crippen molar-refractivity contribution in [3.05, 3.63) is 60.7 Å². The van der Waals surface area contributed by atoms with Crippen molar-refractivity contribution in [2.45, 2.75) is 18.7 Å². The van der Waals surface area contributed by atoms with Gasteiger partial charge >= 0.3 is 29.6 Å². The van der Waals surface area contributed by atoms with Crippen LogP contribution in [0, 0.1) is 11.6 Å². The second-order valence-electron chi connectivity index (χ2n) is 4.84. The summed E-state index contributed by atoms with van der Waals surface area (Å²) in [4.78, 5) is 7.57. The summed E-state index contributed by atoms with van der Waals surface area (Å²) < 4.78 is 29.9. The molecule has 0 aliphatic carbocycles. The Bertz CT molecular complexity index is 714. The van der Waals surface area contributed by atoms with Crippen LogP contribution >= 0.6 is 0 Å². The Morgan fingerprint density at radius 2 is 1.57 bits per heavy atom. The Balaban J connectivity index is 0.00000192. The summed E-state index contributed by atoms with van der Waals surface area (Å²) in [5.41, 5.74) is -1.75. The molecule has 1 aromatic carbocycles. The third-order valence-electron chi connectivity index (χ3n) is 3.21. The Morgan fingerprint density at radius 1 is 1.00 bits per heavy atom. The van der Waals surface area contributed by atoms with E-state index in [1.807, 2.05) is 0 Å². The number of rotatable bonds is 5. The van der Waals surface area contributed by atoms with Gasteiger partial charge in [0, 0.05) is 11.6 Å². The van der Waals surface area contributed by atoms with E-state index < -0.39 is 17.2 Å². The van der Waals surface area contributed by atoms with Crippen molar-refractivity contribution >= 4 is 29.6 Å². The van der Waals surface area contributed by atoms with Gasteiger partial charge in [-0.05, 0) is 6.07 Å². The zero-order valence-electron chi connectivity index (χ0n) is 11.3. The van der Waals surface area contributed by atoms with Crippen molar-refractivity contribution in [3.63, 3.8) is 0 Å². The molecule has 3 rings (SSSR count). The van der Waals surface area contributed by atoms with E-state index >= 15 is 0 Å². The van der Waals surface area contributed by atoms with Crippen LogP contribution in [0.3, 0.4) is 0 Å². The van der Waals surface area contributed by atoms with Gasteiger partial charge in [0.05, 0.1) is 13.1 Å². The van der Waals surface area contributed by atoms with Crippen molar-refractivity contribution in [2.24, 2.45) is 0 Å². The predicted octanol–water partition coefficient (Wildman–Crippen LogP) is 0.0873. The fraction of sp³-hybridized carbons (Fsp3) is 0.231. The van der Waals surface area contributed by atoms with Gasteiger partial charge in [-0.25, -0.2) is 28.1 Å². The summed E-state index contributed by atoms with van der Waals surface area (Å²) in [6.45, 7) is -0.148. The fourth-order valence-corrected chi connectivity index (χ4v) is 2.25. The standard InChI is InChI=1S/C13H12F2N6O.Na.H/c14-10-1-2-11(12(15)3-10)13(22,4-20-8-16-6-18-20)5-21-9-17-7-19-21;;/h1-3,6-9,22H,4-5H2;;. The summed E-state index contributed by atoms with van der Waals surface area (Å²) in [5, 5.41) is 18.8. The minimum atomic E-state index is -1.70. The summed E-state index contributed by atoms with van der Waals surface area (Å²) in [7, 11) is 0. The average Bonchev–Trinajstić information content (AvgIpc) is 3.12. The zero-order chi connectivity index (χ0) is 15.6. The molecule has 0 aliphatic heterocycles. The van der Waals surface area contributed by atoms with Crippen LogP contribution in [0.1, 0.15) is 5.56 Å². The Labute approximate surface area is 152 Å². The second-order valence-corrected chi connectivity index (χ2v) is 4.84. The monoisotopic (exact) mass is 330 g/mol. The molecule has 7 nitrogen and oxygen atoms in total. The molecule has 23 heavy (non-hydrogen) atoms. The van der Waals surface area contributed by atoms with E-state index in [0.29, 0.717) is 0 Å². The molecule has 0 fully saturated rings. The van der Waals surface area contributed by atoms with Crippen LogP contribution in [0.25, 0.3) is 0 Å². The Kier molecular flexibility index (Phi) is 5.58. The number of nitrogens with zero attached hydrogens (tertiary/aromatic N) is 6. The van der Waals surface area contributed by atoms with Gasteiger partial charge in [0.1, 0.15) is 42.5 Å². The first-order valence-electron chi connectivity index (χ1n) is 6.39. The maximum atomic E-state index is 14.1. The van der Waals surface area contributed by atoms with Crippen LogP contribution < -0.4 is 0 Å². The van der Waals surface area contributed by atoms with Gasteiger partial charge < -0.3 is 5.11 Å². The van der Waals surface area contributed by atoms with E-state index in [0.717, 1.165) is 12.1 Å². The molecule has 2 aromatic heterocycles. The van der Waals surface area contributed by atoms with E-state index in [1.54, 1.807) is 0 Å². The molecule has 3 aromatic rings. The van der Waals surface area contributed by atoms with Crippen LogP contribution in [0.5, 0.6) is 0 Å². The third-order valence-corrected chi connectivity index (χ3v) is 3.21. The van der Waals surface area contributed by atoms with Gasteiger partial charge in [0.25, 0.3) is 0 Å². The minimum absolute atomic E-state index is 0. The molecule has 0 unspecified atom stereocenters. The first-order chi connectivity index (χ1) is 10.6. The van der Waals surface area contributed by atoms with Crippen LogP contribution in [0.2, 0.25) is 0 Å². The number of hydrogen-bond acceptors (Lipinski definition) is 5. The van der Waals surface area contributed by atoms with E-state index in [2.05, 4.69) is 20.2 Å². The second kappa shape index (κ2) is 7.26. The molecule has 0 saturated carbocycles. The molecule has 0 amide bonds. The van der Waals surface area contributed by atoms with Gasteiger partial charge in [0.15, 0.2) is 0 Å². The van der Waals surface area contributed by atoms with Crippen molar-refractivity contribution in [1.29, 1.82) is 0 Å². The summed E-state index contributed by atoms with van der Waals surface area (Å²) in [6.07, 6.45) is 5.40.